The monoisotopic (exact) mass is 150 g/mol. The maximum Gasteiger partial charge on any atom is 0.326 e. The molecule has 0 saturated heterocycles. The zero-order valence-electron chi connectivity index (χ0n) is 5.47. The van der Waals surface area contributed by atoms with Crippen molar-refractivity contribution in [3.63, 3.8) is 0 Å². The largest absolute Gasteiger partial charge is 0.431 e. The van der Waals surface area contributed by atoms with Crippen LogP contribution in [0.4, 0.5) is 12.0 Å². The van der Waals surface area contributed by atoms with Gasteiger partial charge in [-0.15, -0.1) is 5.32 Å². The molecule has 0 bridgehead atoms. The van der Waals surface area contributed by atoms with Gasteiger partial charge in [0.1, 0.15) is 12.5 Å². The predicted molar refractivity (Wildman–Crippen MR) is 34.5 cm³/mol. The minimum absolute atomic E-state index is 0.243. The summed E-state index contributed by atoms with van der Waals surface area (Å²) in [5.74, 6) is 0. The van der Waals surface area contributed by atoms with Crippen molar-refractivity contribution in [3.05, 3.63) is 24.9 Å². The summed E-state index contributed by atoms with van der Waals surface area (Å²) < 4.78 is 9.66. The van der Waals surface area contributed by atoms with E-state index in [0.717, 1.165) is 0 Å². The summed E-state index contributed by atoms with van der Waals surface area (Å²) in [5, 5.41) is 3.81. The molecule has 0 fully saturated rings. The molecule has 0 unspecified atom stereocenters. The Morgan fingerprint density at radius 2 is 1.55 bits per heavy atom. The first-order chi connectivity index (χ1) is 5.45. The molecule has 55 valence electrons. The van der Waals surface area contributed by atoms with Gasteiger partial charge >= 0.3 is 12.0 Å². The predicted octanol–water partition coefficient (Wildman–Crippen LogP) is 1.23. The van der Waals surface area contributed by atoms with Crippen LogP contribution in [-0.4, -0.2) is 9.97 Å². The molecule has 0 saturated carbocycles. The smallest absolute Gasteiger partial charge is 0.326 e. The highest BCUT2D eigenvalue weighted by Gasteiger charge is 2.03. The van der Waals surface area contributed by atoms with Crippen LogP contribution in [0.1, 0.15) is 0 Å². The van der Waals surface area contributed by atoms with E-state index in [1.54, 1.807) is 0 Å². The van der Waals surface area contributed by atoms with E-state index in [-0.39, 0.29) is 12.0 Å². The number of hydrogen-bond acceptors (Lipinski definition) is 4. The number of hydrogen-bond donors (Lipinski definition) is 0. The third-order valence-corrected chi connectivity index (χ3v) is 1.03. The van der Waals surface area contributed by atoms with Gasteiger partial charge in [0, 0.05) is 0 Å². The quantitative estimate of drug-likeness (QED) is 0.645. The molecule has 2 aromatic rings. The highest BCUT2D eigenvalue weighted by Crippen LogP contribution is 2.10. The molecule has 0 aliphatic heterocycles. The van der Waals surface area contributed by atoms with Crippen molar-refractivity contribution in [2.24, 2.45) is 0 Å². The van der Waals surface area contributed by atoms with Crippen LogP contribution in [0, 0.1) is 0 Å². The standard InChI is InChI=1S/C6H4N3O2/c1-3-10-5(7-1)9-6-8-2-4-11-6/h1-4H. The molecule has 0 aromatic carbocycles. The summed E-state index contributed by atoms with van der Waals surface area (Å²) in [5.41, 5.74) is 0. The minimum Gasteiger partial charge on any atom is -0.431 e. The van der Waals surface area contributed by atoms with E-state index in [4.69, 9.17) is 8.83 Å². The van der Waals surface area contributed by atoms with Crippen LogP contribution in [0.2, 0.25) is 0 Å². The molecule has 0 amide bonds. The molecular formula is C6H4N3O2. The highest BCUT2D eigenvalue weighted by atomic mass is 16.4. The van der Waals surface area contributed by atoms with Crippen molar-refractivity contribution < 1.29 is 8.83 Å². The van der Waals surface area contributed by atoms with Gasteiger partial charge in [0.2, 0.25) is 0 Å². The first kappa shape index (κ1) is 5.96. The zero-order valence-corrected chi connectivity index (χ0v) is 5.47. The number of oxazole rings is 2. The zero-order chi connectivity index (χ0) is 7.52. The SMILES string of the molecule is c1coc([N]c2ncco2)n1. The third kappa shape index (κ3) is 1.21. The van der Waals surface area contributed by atoms with Gasteiger partial charge in [-0.1, -0.05) is 0 Å². The van der Waals surface area contributed by atoms with Crippen molar-refractivity contribution >= 4 is 12.0 Å². The Morgan fingerprint density at radius 1 is 1.00 bits per heavy atom. The molecule has 0 N–H and O–H groups in total. The Morgan fingerprint density at radius 3 is 1.91 bits per heavy atom. The van der Waals surface area contributed by atoms with Gasteiger partial charge in [0.15, 0.2) is 0 Å². The lowest BCUT2D eigenvalue weighted by molar-refractivity contribution is 0.503. The van der Waals surface area contributed by atoms with E-state index in [0.29, 0.717) is 0 Å². The van der Waals surface area contributed by atoms with Crippen molar-refractivity contribution in [3.8, 4) is 0 Å². The van der Waals surface area contributed by atoms with Gasteiger partial charge in [0.25, 0.3) is 0 Å². The van der Waals surface area contributed by atoms with Gasteiger partial charge in [-0.3, -0.25) is 0 Å². The lowest BCUT2D eigenvalue weighted by Gasteiger charge is -1.86. The summed E-state index contributed by atoms with van der Waals surface area (Å²) >= 11 is 0. The highest BCUT2D eigenvalue weighted by molar-refractivity contribution is 5.20. The molecule has 0 spiro atoms. The van der Waals surface area contributed by atoms with E-state index in [2.05, 4.69) is 15.3 Å². The Balaban J connectivity index is 2.14. The van der Waals surface area contributed by atoms with Gasteiger partial charge < -0.3 is 8.83 Å². The summed E-state index contributed by atoms with van der Waals surface area (Å²) in [4.78, 5) is 7.52. The lowest BCUT2D eigenvalue weighted by atomic mass is 10.9. The molecular weight excluding hydrogens is 146 g/mol. The molecule has 2 heterocycles. The van der Waals surface area contributed by atoms with Gasteiger partial charge in [-0.05, 0) is 0 Å². The van der Waals surface area contributed by atoms with Crippen LogP contribution in [0.15, 0.2) is 33.8 Å². The Bertz CT molecular complexity index is 268. The van der Waals surface area contributed by atoms with E-state index < -0.39 is 0 Å². The second-order valence-electron chi connectivity index (χ2n) is 1.74. The Labute approximate surface area is 62.1 Å². The molecule has 2 aromatic heterocycles. The van der Waals surface area contributed by atoms with Gasteiger partial charge in [-0.25, -0.2) is 9.97 Å². The molecule has 0 aliphatic carbocycles. The fraction of sp³-hybridized carbons (Fsp3) is 0. The van der Waals surface area contributed by atoms with Crippen molar-refractivity contribution in [1.82, 2.24) is 15.3 Å². The van der Waals surface area contributed by atoms with Gasteiger partial charge in [-0.2, -0.15) is 0 Å². The molecule has 1 radical (unpaired) electrons. The Hall–Kier alpha value is -1.78. The second-order valence-corrected chi connectivity index (χ2v) is 1.74. The van der Waals surface area contributed by atoms with Gasteiger partial charge in [0.05, 0.1) is 12.4 Å². The first-order valence-electron chi connectivity index (χ1n) is 2.96. The number of aromatic nitrogens is 2. The average Bonchev–Trinajstić information content (AvgIpc) is 2.60. The summed E-state index contributed by atoms with van der Waals surface area (Å²) in [6.07, 6.45) is 5.87. The van der Waals surface area contributed by atoms with Crippen LogP contribution < -0.4 is 5.32 Å². The number of rotatable bonds is 2. The van der Waals surface area contributed by atoms with E-state index in [1.807, 2.05) is 0 Å². The summed E-state index contributed by atoms with van der Waals surface area (Å²) in [6, 6.07) is 0.486. The van der Waals surface area contributed by atoms with Crippen molar-refractivity contribution in [2.75, 3.05) is 0 Å². The van der Waals surface area contributed by atoms with Crippen LogP contribution in [-0.2, 0) is 0 Å². The molecule has 11 heavy (non-hydrogen) atoms. The fourth-order valence-corrected chi connectivity index (χ4v) is 0.624. The van der Waals surface area contributed by atoms with E-state index in [1.165, 1.54) is 24.9 Å². The van der Waals surface area contributed by atoms with Crippen LogP contribution in [0.3, 0.4) is 0 Å². The Kier molecular flexibility index (Phi) is 1.33. The normalized spacial score (nSPS) is 9.82. The first-order valence-corrected chi connectivity index (χ1v) is 2.96. The van der Waals surface area contributed by atoms with E-state index in [9.17, 15) is 0 Å². The maximum atomic E-state index is 4.83. The van der Waals surface area contributed by atoms with Crippen molar-refractivity contribution in [1.29, 1.82) is 0 Å². The molecule has 0 aliphatic rings. The maximum absolute atomic E-state index is 4.83. The third-order valence-electron chi connectivity index (χ3n) is 1.03. The van der Waals surface area contributed by atoms with Crippen LogP contribution in [0.5, 0.6) is 0 Å². The fourth-order valence-electron chi connectivity index (χ4n) is 0.624. The molecule has 5 nitrogen and oxygen atoms in total. The van der Waals surface area contributed by atoms with Crippen LogP contribution >= 0.6 is 0 Å². The summed E-state index contributed by atoms with van der Waals surface area (Å²) in [7, 11) is 0. The average molecular weight is 150 g/mol. The summed E-state index contributed by atoms with van der Waals surface area (Å²) in [6.45, 7) is 0. The van der Waals surface area contributed by atoms with E-state index >= 15 is 0 Å². The molecule has 2 rings (SSSR count). The topological polar surface area (TPSA) is 66.2 Å². The van der Waals surface area contributed by atoms with Crippen LogP contribution in [0.25, 0.3) is 0 Å². The second kappa shape index (κ2) is 2.45. The number of nitrogens with zero attached hydrogens (tertiary/aromatic N) is 3. The molecule has 0 atom stereocenters. The lowest BCUT2D eigenvalue weighted by Crippen LogP contribution is -1.87. The molecule has 5 heteroatoms. The minimum atomic E-state index is 0.243. The van der Waals surface area contributed by atoms with Crippen molar-refractivity contribution in [2.45, 2.75) is 0 Å².